The third-order valence-corrected chi connectivity index (χ3v) is 2.61. The number of halogens is 6. The molecule has 0 saturated carbocycles. The van der Waals surface area contributed by atoms with Gasteiger partial charge in [0.05, 0.1) is 5.69 Å². The van der Waals surface area contributed by atoms with Gasteiger partial charge in [-0.2, -0.15) is 42.0 Å². The monoisotopic (exact) mass is 336 g/mol. The molecule has 0 aliphatic carbocycles. The molecule has 1 aromatic carbocycles. The normalized spacial score (nSPS) is 12.0. The average molecular weight is 336 g/mol. The van der Waals surface area contributed by atoms with Crippen LogP contribution in [0.1, 0.15) is 5.56 Å². The van der Waals surface area contributed by atoms with Gasteiger partial charge in [-0.25, -0.2) is 0 Å². The largest absolute Gasteiger partial charge is 0.430 e. The van der Waals surface area contributed by atoms with Gasteiger partial charge in [-0.15, -0.1) is 0 Å². The smallest absolute Gasteiger partial charge is 0.369 e. The lowest BCUT2D eigenvalue weighted by Gasteiger charge is -2.32. The Balaban J connectivity index is 3.34. The lowest BCUT2D eigenvalue weighted by molar-refractivity contribution is -0.376. The number of hydrogen-bond acceptors (Lipinski definition) is 5. The standard InChI is InChI=1S/C12H6F6N4O/c13-11(14,15)10(23,12(16,17)18)7-2-1-3-8(4-7)21-22-9(5-19)6-20/h1-4,21,23H. The lowest BCUT2D eigenvalue weighted by atomic mass is 9.92. The molecule has 0 bridgehead atoms. The van der Waals surface area contributed by atoms with Crippen molar-refractivity contribution in [1.29, 1.82) is 10.5 Å². The van der Waals surface area contributed by atoms with Crippen LogP contribution in [0, 0.1) is 22.7 Å². The van der Waals surface area contributed by atoms with Crippen molar-refractivity contribution in [1.82, 2.24) is 0 Å². The minimum absolute atomic E-state index is 0.358. The molecule has 0 aliphatic heterocycles. The number of nitrogens with one attached hydrogen (secondary N) is 1. The van der Waals surface area contributed by atoms with Crippen LogP contribution < -0.4 is 5.43 Å². The van der Waals surface area contributed by atoms with Gasteiger partial charge >= 0.3 is 12.4 Å². The van der Waals surface area contributed by atoms with Crippen molar-refractivity contribution in [2.75, 3.05) is 5.43 Å². The quantitative estimate of drug-likeness (QED) is 0.504. The van der Waals surface area contributed by atoms with E-state index >= 15 is 0 Å². The molecule has 5 nitrogen and oxygen atoms in total. The van der Waals surface area contributed by atoms with Crippen molar-refractivity contribution in [3.63, 3.8) is 0 Å². The topological polar surface area (TPSA) is 92.2 Å². The van der Waals surface area contributed by atoms with Crippen LogP contribution in [0.2, 0.25) is 0 Å². The van der Waals surface area contributed by atoms with Crippen molar-refractivity contribution in [3.8, 4) is 12.1 Å². The minimum Gasteiger partial charge on any atom is -0.369 e. The number of nitriles is 2. The molecule has 0 spiro atoms. The number of aliphatic hydroxyl groups is 1. The van der Waals surface area contributed by atoms with E-state index in [1.54, 1.807) is 0 Å². The summed E-state index contributed by atoms with van der Waals surface area (Å²) in [5, 5.41) is 29.3. The van der Waals surface area contributed by atoms with Crippen LogP contribution in [-0.2, 0) is 5.60 Å². The average Bonchev–Trinajstić information content (AvgIpc) is 2.45. The van der Waals surface area contributed by atoms with E-state index in [0.29, 0.717) is 12.1 Å². The molecule has 0 saturated heterocycles. The SMILES string of the molecule is N#CC(C#N)=NNc1cccc(C(O)(C(F)(F)F)C(F)(F)F)c1. The van der Waals surface area contributed by atoms with Gasteiger partial charge in [0.2, 0.25) is 5.71 Å². The summed E-state index contributed by atoms with van der Waals surface area (Å²) in [6.07, 6.45) is -12.0. The highest BCUT2D eigenvalue weighted by Crippen LogP contribution is 2.50. The van der Waals surface area contributed by atoms with Crippen molar-refractivity contribution in [3.05, 3.63) is 29.8 Å². The predicted octanol–water partition coefficient (Wildman–Crippen LogP) is 2.81. The number of hydrogen-bond donors (Lipinski definition) is 2. The summed E-state index contributed by atoms with van der Waals surface area (Å²) in [5.74, 6) is 0. The maximum absolute atomic E-state index is 12.7. The summed E-state index contributed by atoms with van der Waals surface area (Å²) in [6.45, 7) is 0. The minimum atomic E-state index is -6.02. The fourth-order valence-electron chi connectivity index (χ4n) is 1.50. The molecule has 0 aliphatic rings. The number of benzene rings is 1. The van der Waals surface area contributed by atoms with Gasteiger partial charge in [0.15, 0.2) is 0 Å². The van der Waals surface area contributed by atoms with E-state index in [-0.39, 0.29) is 0 Å². The van der Waals surface area contributed by atoms with Crippen LogP contribution in [0.5, 0.6) is 0 Å². The highest BCUT2D eigenvalue weighted by atomic mass is 19.4. The van der Waals surface area contributed by atoms with Gasteiger partial charge in [-0.1, -0.05) is 12.1 Å². The third kappa shape index (κ3) is 3.52. The van der Waals surface area contributed by atoms with Crippen molar-refractivity contribution in [2.24, 2.45) is 5.10 Å². The van der Waals surface area contributed by atoms with E-state index in [1.807, 2.05) is 5.43 Å². The van der Waals surface area contributed by atoms with Gasteiger partial charge in [0, 0.05) is 5.56 Å². The Morgan fingerprint density at radius 1 is 1.04 bits per heavy atom. The molecule has 0 radical (unpaired) electrons. The van der Waals surface area contributed by atoms with Gasteiger partial charge in [0.25, 0.3) is 5.60 Å². The Morgan fingerprint density at radius 2 is 1.57 bits per heavy atom. The summed E-state index contributed by atoms with van der Waals surface area (Å²) >= 11 is 0. The zero-order valence-corrected chi connectivity index (χ0v) is 10.9. The van der Waals surface area contributed by atoms with Crippen molar-refractivity contribution >= 4 is 11.4 Å². The first-order chi connectivity index (χ1) is 10.5. The molecular formula is C12H6F6N4O. The van der Waals surface area contributed by atoms with Crippen LogP contribution in [0.15, 0.2) is 29.4 Å². The molecule has 0 aromatic heterocycles. The number of nitrogens with zero attached hydrogens (tertiary/aromatic N) is 3. The molecule has 0 unspecified atom stereocenters. The molecule has 0 fully saturated rings. The number of rotatable bonds is 3. The van der Waals surface area contributed by atoms with Crippen LogP contribution in [0.3, 0.4) is 0 Å². The zero-order valence-electron chi connectivity index (χ0n) is 10.9. The van der Waals surface area contributed by atoms with E-state index in [2.05, 4.69) is 5.10 Å². The maximum Gasteiger partial charge on any atom is 0.430 e. The Morgan fingerprint density at radius 3 is 2.00 bits per heavy atom. The fraction of sp³-hybridized carbons (Fsp3) is 0.250. The van der Waals surface area contributed by atoms with E-state index < -0.39 is 34.9 Å². The molecule has 122 valence electrons. The first-order valence-electron chi connectivity index (χ1n) is 5.57. The van der Waals surface area contributed by atoms with Gasteiger partial charge in [0.1, 0.15) is 12.1 Å². The summed E-state index contributed by atoms with van der Waals surface area (Å²) in [5.41, 5.74) is -5.70. The second-order valence-electron chi connectivity index (χ2n) is 4.08. The first-order valence-corrected chi connectivity index (χ1v) is 5.57. The summed E-state index contributed by atoms with van der Waals surface area (Å²) < 4.78 is 76.4. The molecular weight excluding hydrogens is 330 g/mol. The molecule has 1 rings (SSSR count). The Labute approximate surface area is 125 Å². The zero-order chi connectivity index (χ0) is 17.9. The summed E-state index contributed by atoms with van der Waals surface area (Å²) in [4.78, 5) is 0. The Kier molecular flexibility index (Phi) is 4.87. The molecule has 1 aromatic rings. The second kappa shape index (κ2) is 6.14. The van der Waals surface area contributed by atoms with E-state index in [1.165, 1.54) is 12.1 Å². The fourth-order valence-corrected chi connectivity index (χ4v) is 1.50. The molecule has 2 N–H and O–H groups in total. The van der Waals surface area contributed by atoms with E-state index in [9.17, 15) is 31.4 Å². The van der Waals surface area contributed by atoms with Crippen molar-refractivity contribution < 1.29 is 31.4 Å². The number of anilines is 1. The van der Waals surface area contributed by atoms with E-state index in [4.69, 9.17) is 10.5 Å². The molecule has 0 heterocycles. The Hall–Kier alpha value is -2.79. The van der Waals surface area contributed by atoms with Crippen LogP contribution in [0.4, 0.5) is 32.0 Å². The highest BCUT2D eigenvalue weighted by molar-refractivity contribution is 6.10. The molecule has 0 amide bonds. The summed E-state index contributed by atoms with van der Waals surface area (Å²) in [7, 11) is 0. The molecule has 23 heavy (non-hydrogen) atoms. The maximum atomic E-state index is 12.7. The number of hydrazone groups is 1. The van der Waals surface area contributed by atoms with Crippen LogP contribution >= 0.6 is 0 Å². The summed E-state index contributed by atoms with van der Waals surface area (Å²) in [6, 6.07) is 5.31. The second-order valence-corrected chi connectivity index (χ2v) is 4.08. The third-order valence-electron chi connectivity index (χ3n) is 2.61. The van der Waals surface area contributed by atoms with Gasteiger partial charge < -0.3 is 5.11 Å². The van der Waals surface area contributed by atoms with E-state index in [0.717, 1.165) is 12.1 Å². The number of alkyl halides is 6. The van der Waals surface area contributed by atoms with Crippen LogP contribution in [-0.4, -0.2) is 23.2 Å². The lowest BCUT2D eigenvalue weighted by Crippen LogP contribution is -2.53. The van der Waals surface area contributed by atoms with Gasteiger partial charge in [-0.05, 0) is 12.1 Å². The predicted molar refractivity (Wildman–Crippen MR) is 64.7 cm³/mol. The highest BCUT2D eigenvalue weighted by Gasteiger charge is 2.71. The van der Waals surface area contributed by atoms with Crippen LogP contribution in [0.25, 0.3) is 0 Å². The van der Waals surface area contributed by atoms with Crippen molar-refractivity contribution in [2.45, 2.75) is 18.0 Å². The molecule has 11 heteroatoms. The van der Waals surface area contributed by atoms with Gasteiger partial charge in [-0.3, -0.25) is 5.43 Å². The molecule has 0 atom stereocenters. The first kappa shape index (κ1) is 18.3. The Bertz CT molecular complexity index is 665.